The molecule has 0 saturated heterocycles. The van der Waals surface area contributed by atoms with Gasteiger partial charge >= 0.3 is 0 Å². The van der Waals surface area contributed by atoms with Crippen LogP contribution in [0, 0.1) is 0 Å². The fraction of sp³-hybridized carbons (Fsp3) is 0. The van der Waals surface area contributed by atoms with Gasteiger partial charge in [0.2, 0.25) is 0 Å². The van der Waals surface area contributed by atoms with Crippen molar-refractivity contribution in [1.29, 1.82) is 0 Å². The second-order valence-electron chi connectivity index (χ2n) is 14.0. The first-order valence-electron chi connectivity index (χ1n) is 18.7. The highest BCUT2D eigenvalue weighted by molar-refractivity contribution is 7.26. The van der Waals surface area contributed by atoms with Crippen LogP contribution in [0.4, 0.5) is 0 Å². The minimum absolute atomic E-state index is 0.641. The predicted octanol–water partition coefficient (Wildman–Crippen LogP) is 14.1. The zero-order valence-corrected chi connectivity index (χ0v) is 30.9. The van der Waals surface area contributed by atoms with E-state index in [0.717, 1.165) is 66.4 Å². The Morgan fingerprint density at radius 1 is 0.339 bits per heavy atom. The van der Waals surface area contributed by atoms with E-state index in [2.05, 4.69) is 140 Å². The van der Waals surface area contributed by atoms with Gasteiger partial charge in [-0.25, -0.2) is 15.0 Å². The number of hydrogen-bond donors (Lipinski definition) is 0. The van der Waals surface area contributed by atoms with Crippen LogP contribution in [0.15, 0.2) is 192 Å². The summed E-state index contributed by atoms with van der Waals surface area (Å²) in [6.45, 7) is 0. The summed E-state index contributed by atoms with van der Waals surface area (Å²) >= 11 is 1.81. The highest BCUT2D eigenvalue weighted by Gasteiger charge is 2.19. The fourth-order valence-corrected chi connectivity index (χ4v) is 9.08. The normalized spacial score (nSPS) is 11.6. The molecule has 5 heteroatoms. The average Bonchev–Trinajstić information content (AvgIpc) is 3.85. The zero-order chi connectivity index (χ0) is 37.0. The van der Waals surface area contributed by atoms with Gasteiger partial charge in [-0.3, -0.25) is 0 Å². The Kier molecular flexibility index (Phi) is 7.64. The Bertz CT molecular complexity index is 3240. The van der Waals surface area contributed by atoms with Crippen molar-refractivity contribution >= 4 is 53.4 Å². The third kappa shape index (κ3) is 5.56. The summed E-state index contributed by atoms with van der Waals surface area (Å²) in [6.07, 6.45) is 0. The van der Waals surface area contributed by atoms with Crippen LogP contribution in [0.1, 0.15) is 0 Å². The summed E-state index contributed by atoms with van der Waals surface area (Å²) < 4.78 is 8.92. The van der Waals surface area contributed by atoms with Crippen LogP contribution in [0.2, 0.25) is 0 Å². The molecule has 3 heterocycles. The van der Waals surface area contributed by atoms with Crippen molar-refractivity contribution in [1.82, 2.24) is 15.0 Å². The van der Waals surface area contributed by atoms with Crippen LogP contribution >= 0.6 is 11.3 Å². The molecule has 4 nitrogen and oxygen atoms in total. The van der Waals surface area contributed by atoms with Crippen molar-refractivity contribution in [3.63, 3.8) is 0 Å². The van der Waals surface area contributed by atoms with E-state index < -0.39 is 0 Å². The van der Waals surface area contributed by atoms with Crippen molar-refractivity contribution in [3.8, 4) is 67.5 Å². The number of para-hydroxylation sites is 1. The van der Waals surface area contributed by atoms with Gasteiger partial charge in [0.15, 0.2) is 17.5 Å². The fourth-order valence-electron chi connectivity index (χ4n) is 7.80. The van der Waals surface area contributed by atoms with Crippen LogP contribution in [-0.4, -0.2) is 15.0 Å². The van der Waals surface area contributed by atoms with E-state index in [9.17, 15) is 0 Å². The maximum atomic E-state index is 6.51. The van der Waals surface area contributed by atoms with Gasteiger partial charge in [-0.1, -0.05) is 158 Å². The standard InChI is InChI=1S/C51H31N3OS/c1-4-14-32(15-5-1)35-20-12-21-36(28-35)50-52-49(34-18-8-3-9-19-34)53-51(54-50)37-26-27-41-42-24-13-23-39(48(42)56-46(41)31-37)38-29-43(33-16-6-2-7-17-33)47-44(30-38)40-22-10-11-25-45(40)55-47/h1-31H. The van der Waals surface area contributed by atoms with Crippen molar-refractivity contribution in [2.24, 2.45) is 0 Å². The van der Waals surface area contributed by atoms with Crippen LogP contribution in [0.5, 0.6) is 0 Å². The maximum absolute atomic E-state index is 6.51. The van der Waals surface area contributed by atoms with Gasteiger partial charge in [-0.15, -0.1) is 11.3 Å². The molecule has 0 saturated carbocycles. The van der Waals surface area contributed by atoms with E-state index in [1.165, 1.54) is 25.7 Å². The first-order chi connectivity index (χ1) is 27.7. The molecular formula is C51H31N3OS. The second-order valence-corrected chi connectivity index (χ2v) is 15.0. The number of benzene rings is 8. The number of hydrogen-bond acceptors (Lipinski definition) is 5. The maximum Gasteiger partial charge on any atom is 0.164 e. The lowest BCUT2D eigenvalue weighted by Gasteiger charge is -2.10. The number of furan rings is 1. The van der Waals surface area contributed by atoms with E-state index in [1.54, 1.807) is 0 Å². The van der Waals surface area contributed by atoms with E-state index in [-0.39, 0.29) is 0 Å². The zero-order valence-electron chi connectivity index (χ0n) is 30.1. The molecule has 0 bridgehead atoms. The summed E-state index contributed by atoms with van der Waals surface area (Å²) in [6, 6.07) is 65.7. The minimum atomic E-state index is 0.641. The largest absolute Gasteiger partial charge is 0.455 e. The minimum Gasteiger partial charge on any atom is -0.455 e. The monoisotopic (exact) mass is 733 g/mol. The van der Waals surface area contributed by atoms with Crippen LogP contribution in [0.25, 0.3) is 110 Å². The van der Waals surface area contributed by atoms with Crippen LogP contribution in [0.3, 0.4) is 0 Å². The van der Waals surface area contributed by atoms with Gasteiger partial charge < -0.3 is 4.42 Å². The summed E-state index contributed by atoms with van der Waals surface area (Å²) in [4.78, 5) is 15.2. The van der Waals surface area contributed by atoms with Gasteiger partial charge in [0.05, 0.1) is 0 Å². The van der Waals surface area contributed by atoms with Gasteiger partial charge in [-0.2, -0.15) is 0 Å². The lowest BCUT2D eigenvalue weighted by Crippen LogP contribution is -2.00. The van der Waals surface area contributed by atoms with Crippen LogP contribution < -0.4 is 0 Å². The quantitative estimate of drug-likeness (QED) is 0.171. The Morgan fingerprint density at radius 3 is 1.70 bits per heavy atom. The molecule has 56 heavy (non-hydrogen) atoms. The van der Waals surface area contributed by atoms with E-state index in [4.69, 9.17) is 19.4 Å². The molecule has 0 N–H and O–H groups in total. The molecule has 11 rings (SSSR count). The molecule has 0 unspecified atom stereocenters. The molecule has 0 spiro atoms. The van der Waals surface area contributed by atoms with Crippen molar-refractivity contribution < 1.29 is 4.42 Å². The summed E-state index contributed by atoms with van der Waals surface area (Å²) in [5, 5.41) is 4.67. The molecule has 0 fully saturated rings. The average molecular weight is 734 g/mol. The molecule has 3 aromatic heterocycles. The van der Waals surface area contributed by atoms with E-state index in [1.807, 2.05) is 59.9 Å². The third-order valence-electron chi connectivity index (χ3n) is 10.5. The number of nitrogens with zero attached hydrogens (tertiary/aromatic N) is 3. The molecule has 0 radical (unpaired) electrons. The highest BCUT2D eigenvalue weighted by Crippen LogP contribution is 2.45. The molecule has 0 amide bonds. The molecule has 0 aliphatic heterocycles. The molecule has 0 aliphatic rings. The van der Waals surface area contributed by atoms with Gasteiger partial charge in [-0.05, 0) is 58.1 Å². The van der Waals surface area contributed by atoms with Crippen molar-refractivity contribution in [2.75, 3.05) is 0 Å². The molecule has 0 aliphatic carbocycles. The second kappa shape index (κ2) is 13.3. The summed E-state index contributed by atoms with van der Waals surface area (Å²) in [5.74, 6) is 1.93. The molecule has 0 atom stereocenters. The lowest BCUT2D eigenvalue weighted by molar-refractivity contribution is 0.670. The van der Waals surface area contributed by atoms with Gasteiger partial charge in [0, 0.05) is 53.2 Å². The van der Waals surface area contributed by atoms with Crippen molar-refractivity contribution in [2.45, 2.75) is 0 Å². The highest BCUT2D eigenvalue weighted by atomic mass is 32.1. The summed E-state index contributed by atoms with van der Waals surface area (Å²) in [5.41, 5.74) is 11.5. The van der Waals surface area contributed by atoms with Gasteiger partial charge in [0.1, 0.15) is 11.2 Å². The first kappa shape index (κ1) is 32.2. The van der Waals surface area contributed by atoms with Crippen LogP contribution in [-0.2, 0) is 0 Å². The topological polar surface area (TPSA) is 51.8 Å². The Hall–Kier alpha value is -7.21. The third-order valence-corrected chi connectivity index (χ3v) is 11.7. The summed E-state index contributed by atoms with van der Waals surface area (Å²) in [7, 11) is 0. The molecule has 262 valence electrons. The number of thiophene rings is 1. The number of aromatic nitrogens is 3. The van der Waals surface area contributed by atoms with E-state index in [0.29, 0.717) is 17.5 Å². The molecule has 11 aromatic rings. The number of fused-ring (bicyclic) bond motifs is 6. The van der Waals surface area contributed by atoms with Crippen molar-refractivity contribution in [3.05, 3.63) is 188 Å². The van der Waals surface area contributed by atoms with Gasteiger partial charge in [0.25, 0.3) is 0 Å². The number of rotatable bonds is 6. The Morgan fingerprint density at radius 2 is 0.929 bits per heavy atom. The Balaban J connectivity index is 1.07. The first-order valence-corrected chi connectivity index (χ1v) is 19.5. The lowest BCUT2D eigenvalue weighted by atomic mass is 9.95. The SMILES string of the molecule is c1ccc(-c2cccc(-c3nc(-c4ccccc4)nc(-c4ccc5c(c4)sc4c(-c6cc(-c7ccccc7)c7oc8ccccc8c7c6)cccc45)n3)c2)cc1. The Labute approximate surface area is 327 Å². The smallest absolute Gasteiger partial charge is 0.164 e. The van der Waals surface area contributed by atoms with E-state index >= 15 is 0 Å². The molecular weight excluding hydrogens is 703 g/mol. The predicted molar refractivity (Wildman–Crippen MR) is 233 cm³/mol. The molecule has 8 aromatic carbocycles.